The van der Waals surface area contributed by atoms with Crippen molar-refractivity contribution in [3.63, 3.8) is 0 Å². The number of nitrogens with zero attached hydrogens (tertiary/aromatic N) is 1. The van der Waals surface area contributed by atoms with Crippen LogP contribution in [0, 0.1) is 0 Å². The minimum Gasteiger partial charge on any atom is -0.310 e. The molecule has 1 aliphatic rings. The molecule has 2 heterocycles. The molecule has 64 valence electrons. The van der Waals surface area contributed by atoms with E-state index in [4.69, 9.17) is 23.2 Å². The predicted octanol–water partition coefficient (Wildman–Crippen LogP) is 2.42. The molecule has 1 aromatic rings. The summed E-state index contributed by atoms with van der Waals surface area (Å²) in [7, 11) is 0. The van der Waals surface area contributed by atoms with Gasteiger partial charge in [-0.15, -0.1) is 0 Å². The minimum absolute atomic E-state index is 0.419. The van der Waals surface area contributed by atoms with Crippen molar-refractivity contribution in [3.8, 4) is 0 Å². The van der Waals surface area contributed by atoms with Crippen molar-refractivity contribution in [2.75, 3.05) is 6.54 Å². The first-order valence-electron chi connectivity index (χ1n) is 3.82. The van der Waals surface area contributed by atoms with Crippen LogP contribution in [0.3, 0.4) is 0 Å². The standard InChI is InChI=1S/C8H8Cl2N2/c9-7-3-5(4-8(10)12-7)6-1-2-11-6/h3-4,6,11H,1-2H2/t6-/m1/s1. The molecule has 0 saturated carbocycles. The van der Waals surface area contributed by atoms with Crippen LogP contribution in [0.1, 0.15) is 18.0 Å². The Bertz CT molecular complexity index is 277. The highest BCUT2D eigenvalue weighted by Crippen LogP contribution is 2.26. The predicted molar refractivity (Wildman–Crippen MR) is 49.6 cm³/mol. The van der Waals surface area contributed by atoms with Crippen molar-refractivity contribution < 1.29 is 0 Å². The topological polar surface area (TPSA) is 24.9 Å². The third-order valence-corrected chi connectivity index (χ3v) is 2.40. The molecule has 2 nitrogen and oxygen atoms in total. The van der Waals surface area contributed by atoms with E-state index in [1.165, 1.54) is 0 Å². The van der Waals surface area contributed by atoms with Crippen LogP contribution in [0.15, 0.2) is 12.1 Å². The summed E-state index contributed by atoms with van der Waals surface area (Å²) >= 11 is 11.5. The van der Waals surface area contributed by atoms with Crippen LogP contribution < -0.4 is 5.32 Å². The van der Waals surface area contributed by atoms with Gasteiger partial charge in [-0.05, 0) is 30.7 Å². The van der Waals surface area contributed by atoms with Gasteiger partial charge in [0.1, 0.15) is 10.3 Å². The van der Waals surface area contributed by atoms with Crippen molar-refractivity contribution in [1.29, 1.82) is 0 Å². The van der Waals surface area contributed by atoms with Crippen LogP contribution in [0.2, 0.25) is 10.3 Å². The zero-order valence-corrected chi connectivity index (χ0v) is 7.86. The SMILES string of the molecule is Clc1cc([C@H]2CCN2)cc(Cl)n1. The number of pyridine rings is 1. The summed E-state index contributed by atoms with van der Waals surface area (Å²) in [6.07, 6.45) is 1.15. The number of nitrogens with one attached hydrogen (secondary N) is 1. The Hall–Kier alpha value is -0.310. The molecule has 1 atom stereocenters. The molecule has 0 unspecified atom stereocenters. The van der Waals surface area contributed by atoms with Crippen LogP contribution in [0.5, 0.6) is 0 Å². The lowest BCUT2D eigenvalue weighted by atomic mass is 9.99. The summed E-state index contributed by atoms with van der Waals surface area (Å²) in [5.74, 6) is 0. The number of hydrogen-bond donors (Lipinski definition) is 1. The average molecular weight is 203 g/mol. The second-order valence-corrected chi connectivity index (χ2v) is 3.62. The molecule has 0 radical (unpaired) electrons. The zero-order chi connectivity index (χ0) is 8.55. The lowest BCUT2D eigenvalue weighted by Gasteiger charge is -2.27. The summed E-state index contributed by atoms with van der Waals surface area (Å²) in [5.41, 5.74) is 1.13. The van der Waals surface area contributed by atoms with Crippen molar-refractivity contribution in [2.45, 2.75) is 12.5 Å². The lowest BCUT2D eigenvalue weighted by Crippen LogP contribution is -2.34. The van der Waals surface area contributed by atoms with E-state index in [9.17, 15) is 0 Å². The number of halogens is 2. The van der Waals surface area contributed by atoms with Gasteiger partial charge in [0.2, 0.25) is 0 Å². The molecular weight excluding hydrogens is 195 g/mol. The normalized spacial score (nSPS) is 22.0. The minimum atomic E-state index is 0.419. The van der Waals surface area contributed by atoms with E-state index in [1.54, 1.807) is 0 Å². The van der Waals surface area contributed by atoms with Gasteiger partial charge >= 0.3 is 0 Å². The van der Waals surface area contributed by atoms with E-state index in [0.29, 0.717) is 16.3 Å². The Labute approximate surface area is 80.9 Å². The van der Waals surface area contributed by atoms with E-state index in [2.05, 4.69) is 10.3 Å². The largest absolute Gasteiger partial charge is 0.310 e. The van der Waals surface area contributed by atoms with Gasteiger partial charge in [0.25, 0.3) is 0 Å². The fourth-order valence-electron chi connectivity index (χ4n) is 1.26. The van der Waals surface area contributed by atoms with Crippen molar-refractivity contribution in [1.82, 2.24) is 10.3 Å². The van der Waals surface area contributed by atoms with E-state index < -0.39 is 0 Å². The maximum absolute atomic E-state index is 5.75. The molecule has 4 heteroatoms. The van der Waals surface area contributed by atoms with Crippen LogP contribution in [0.4, 0.5) is 0 Å². The first-order chi connectivity index (χ1) is 5.75. The molecule has 0 aliphatic carbocycles. The second-order valence-electron chi connectivity index (χ2n) is 2.84. The quantitative estimate of drug-likeness (QED) is 0.709. The summed E-state index contributed by atoms with van der Waals surface area (Å²) < 4.78 is 0. The second kappa shape index (κ2) is 3.21. The van der Waals surface area contributed by atoms with Gasteiger partial charge in [-0.3, -0.25) is 0 Å². The number of hydrogen-bond acceptors (Lipinski definition) is 2. The Morgan fingerprint density at radius 2 is 1.92 bits per heavy atom. The van der Waals surface area contributed by atoms with E-state index in [0.717, 1.165) is 18.5 Å². The summed E-state index contributed by atoms with van der Waals surface area (Å²) in [6.45, 7) is 1.07. The molecule has 1 aliphatic heterocycles. The van der Waals surface area contributed by atoms with E-state index >= 15 is 0 Å². The monoisotopic (exact) mass is 202 g/mol. The smallest absolute Gasteiger partial charge is 0.131 e. The molecule has 0 bridgehead atoms. The third-order valence-electron chi connectivity index (χ3n) is 2.01. The van der Waals surface area contributed by atoms with Crippen LogP contribution in [0.25, 0.3) is 0 Å². The van der Waals surface area contributed by atoms with Crippen LogP contribution in [-0.4, -0.2) is 11.5 Å². The Morgan fingerprint density at radius 3 is 2.33 bits per heavy atom. The molecular formula is C8H8Cl2N2. The Morgan fingerprint density at radius 1 is 1.33 bits per heavy atom. The Balaban J connectivity index is 2.30. The van der Waals surface area contributed by atoms with Crippen molar-refractivity contribution in [2.24, 2.45) is 0 Å². The third kappa shape index (κ3) is 1.56. The average Bonchev–Trinajstić information content (AvgIpc) is 1.79. The number of rotatable bonds is 1. The van der Waals surface area contributed by atoms with Gasteiger partial charge in [0.05, 0.1) is 0 Å². The maximum Gasteiger partial charge on any atom is 0.131 e. The molecule has 0 spiro atoms. The van der Waals surface area contributed by atoms with E-state index in [-0.39, 0.29) is 0 Å². The van der Waals surface area contributed by atoms with Gasteiger partial charge in [-0.25, -0.2) is 4.98 Å². The first-order valence-corrected chi connectivity index (χ1v) is 4.57. The molecule has 1 fully saturated rings. The maximum atomic E-state index is 5.75. The summed E-state index contributed by atoms with van der Waals surface area (Å²) in [6, 6.07) is 4.12. The van der Waals surface area contributed by atoms with Gasteiger partial charge in [-0.2, -0.15) is 0 Å². The zero-order valence-electron chi connectivity index (χ0n) is 6.35. The molecule has 0 aromatic carbocycles. The summed E-state index contributed by atoms with van der Waals surface area (Å²) in [4.78, 5) is 3.88. The Kier molecular flexibility index (Phi) is 2.22. The van der Waals surface area contributed by atoms with Crippen molar-refractivity contribution in [3.05, 3.63) is 28.0 Å². The molecule has 0 amide bonds. The molecule has 12 heavy (non-hydrogen) atoms. The fraction of sp³-hybridized carbons (Fsp3) is 0.375. The molecule has 1 saturated heterocycles. The summed E-state index contributed by atoms with van der Waals surface area (Å²) in [5, 5.41) is 4.20. The fourth-order valence-corrected chi connectivity index (χ4v) is 1.74. The molecule has 1 N–H and O–H groups in total. The van der Waals surface area contributed by atoms with Gasteiger partial charge in [0.15, 0.2) is 0 Å². The molecule has 1 aromatic heterocycles. The van der Waals surface area contributed by atoms with Crippen molar-refractivity contribution >= 4 is 23.2 Å². The van der Waals surface area contributed by atoms with Gasteiger partial charge in [-0.1, -0.05) is 23.2 Å². The highest BCUT2D eigenvalue weighted by Gasteiger charge is 2.19. The first kappa shape index (κ1) is 8.30. The lowest BCUT2D eigenvalue weighted by molar-refractivity contribution is 0.383. The highest BCUT2D eigenvalue weighted by molar-refractivity contribution is 6.32. The van der Waals surface area contributed by atoms with Crippen LogP contribution in [-0.2, 0) is 0 Å². The van der Waals surface area contributed by atoms with Gasteiger partial charge < -0.3 is 5.32 Å². The van der Waals surface area contributed by atoms with E-state index in [1.807, 2.05) is 12.1 Å². The molecule has 2 rings (SSSR count). The van der Waals surface area contributed by atoms with Gasteiger partial charge in [0, 0.05) is 6.04 Å². The highest BCUT2D eigenvalue weighted by atomic mass is 35.5. The number of aromatic nitrogens is 1. The van der Waals surface area contributed by atoms with Crippen LogP contribution >= 0.6 is 23.2 Å².